The van der Waals surface area contributed by atoms with Gasteiger partial charge in [-0.05, 0) is 55.4 Å². The number of amides is 1. The van der Waals surface area contributed by atoms with E-state index in [1.54, 1.807) is 0 Å². The van der Waals surface area contributed by atoms with Crippen molar-refractivity contribution >= 4 is 5.91 Å². The smallest absolute Gasteiger partial charge is 0.231 e. The molecule has 0 spiro atoms. The predicted octanol–water partition coefficient (Wildman–Crippen LogP) is 4.62. The van der Waals surface area contributed by atoms with Crippen LogP contribution in [0.2, 0.25) is 0 Å². The number of carbonyl (C=O) groups excluding carboxylic acids is 1. The minimum absolute atomic E-state index is 0.0326. The fourth-order valence-corrected chi connectivity index (χ4v) is 3.82. The van der Waals surface area contributed by atoms with E-state index in [1.807, 2.05) is 18.2 Å². The summed E-state index contributed by atoms with van der Waals surface area (Å²) >= 11 is 0. The van der Waals surface area contributed by atoms with Crippen LogP contribution in [0.1, 0.15) is 54.5 Å². The second kappa shape index (κ2) is 8.05. The van der Waals surface area contributed by atoms with Crippen LogP contribution in [0.25, 0.3) is 0 Å². The number of carbonyl (C=O) groups is 1. The van der Waals surface area contributed by atoms with E-state index in [9.17, 15) is 4.79 Å². The molecule has 0 saturated carbocycles. The highest BCUT2D eigenvalue weighted by Crippen LogP contribution is 2.36. The van der Waals surface area contributed by atoms with Gasteiger partial charge in [0.1, 0.15) is 0 Å². The summed E-state index contributed by atoms with van der Waals surface area (Å²) in [7, 11) is 0. The minimum Gasteiger partial charge on any atom is -0.381 e. The normalized spacial score (nSPS) is 17.5. The van der Waals surface area contributed by atoms with Gasteiger partial charge in [0.2, 0.25) is 5.91 Å². The van der Waals surface area contributed by atoms with Gasteiger partial charge in [-0.1, -0.05) is 55.5 Å². The minimum atomic E-state index is -0.493. The summed E-state index contributed by atoms with van der Waals surface area (Å²) in [5, 5.41) is 3.34. The first-order valence-corrected chi connectivity index (χ1v) is 9.58. The van der Waals surface area contributed by atoms with Crippen molar-refractivity contribution in [2.24, 2.45) is 0 Å². The molecule has 0 aromatic heterocycles. The second-order valence-electron chi connectivity index (χ2n) is 7.34. The van der Waals surface area contributed by atoms with Gasteiger partial charge >= 0.3 is 0 Å². The predicted molar refractivity (Wildman–Crippen MR) is 105 cm³/mol. The number of benzene rings is 2. The first kappa shape index (κ1) is 18.7. The fourth-order valence-electron chi connectivity index (χ4n) is 3.82. The lowest BCUT2D eigenvalue weighted by Gasteiger charge is -2.37. The number of hydrogen-bond donors (Lipinski definition) is 1. The zero-order valence-electron chi connectivity index (χ0n) is 16.0. The monoisotopic (exact) mass is 351 g/mol. The van der Waals surface area contributed by atoms with Crippen LogP contribution in [0.15, 0.2) is 48.5 Å². The summed E-state index contributed by atoms with van der Waals surface area (Å²) in [5.74, 6) is 0.122. The summed E-state index contributed by atoms with van der Waals surface area (Å²) in [6, 6.07) is 16.7. The average Bonchev–Trinajstić information content (AvgIpc) is 2.69. The van der Waals surface area contributed by atoms with Crippen molar-refractivity contribution in [1.82, 2.24) is 5.32 Å². The largest absolute Gasteiger partial charge is 0.381 e. The molecule has 1 amide bonds. The third-order valence-electron chi connectivity index (χ3n) is 5.75. The molecular formula is C23H29NO2. The summed E-state index contributed by atoms with van der Waals surface area (Å²) in [6.45, 7) is 7.62. The summed E-state index contributed by atoms with van der Waals surface area (Å²) in [4.78, 5) is 13.4. The molecule has 2 aromatic carbocycles. The van der Waals surface area contributed by atoms with Gasteiger partial charge in [-0.15, -0.1) is 0 Å². The summed E-state index contributed by atoms with van der Waals surface area (Å²) < 4.78 is 5.56. The number of ether oxygens (including phenoxy) is 1. The van der Waals surface area contributed by atoms with Gasteiger partial charge in [0.25, 0.3) is 0 Å². The van der Waals surface area contributed by atoms with E-state index in [4.69, 9.17) is 4.74 Å². The van der Waals surface area contributed by atoms with Crippen LogP contribution < -0.4 is 5.32 Å². The molecule has 0 radical (unpaired) electrons. The maximum atomic E-state index is 13.4. The zero-order chi connectivity index (χ0) is 18.6. The first-order chi connectivity index (χ1) is 12.6. The number of nitrogens with one attached hydrogen (secondary N) is 1. The van der Waals surface area contributed by atoms with E-state index in [0.717, 1.165) is 24.8 Å². The Balaban J connectivity index is 1.88. The molecule has 3 rings (SSSR count). The molecule has 3 nitrogen and oxygen atoms in total. The Labute approximate surface area is 156 Å². The molecule has 26 heavy (non-hydrogen) atoms. The van der Waals surface area contributed by atoms with Crippen LogP contribution in [0.5, 0.6) is 0 Å². The maximum absolute atomic E-state index is 13.4. The Bertz CT molecular complexity index is 748. The molecule has 1 N–H and O–H groups in total. The molecule has 1 aliphatic heterocycles. The number of aryl methyl sites for hydroxylation is 2. The molecular weight excluding hydrogens is 322 g/mol. The molecule has 1 fully saturated rings. The summed E-state index contributed by atoms with van der Waals surface area (Å²) in [5.41, 5.74) is 4.32. The van der Waals surface area contributed by atoms with Crippen LogP contribution >= 0.6 is 0 Å². The van der Waals surface area contributed by atoms with Crippen molar-refractivity contribution in [2.45, 2.75) is 51.5 Å². The Morgan fingerprint density at radius 2 is 1.77 bits per heavy atom. The average molecular weight is 351 g/mol. The lowest BCUT2D eigenvalue weighted by Crippen LogP contribution is -2.49. The van der Waals surface area contributed by atoms with Crippen LogP contribution in [0, 0.1) is 13.8 Å². The number of hydrogen-bond acceptors (Lipinski definition) is 2. The highest BCUT2D eigenvalue weighted by molar-refractivity contribution is 5.88. The lowest BCUT2D eigenvalue weighted by molar-refractivity contribution is -0.131. The highest BCUT2D eigenvalue weighted by Gasteiger charge is 2.42. The van der Waals surface area contributed by atoms with E-state index >= 15 is 0 Å². The SMILES string of the molecule is CC[C@H](NC(=O)C1(c2ccccc2)CCOCC1)c1ccc(C)c(C)c1. The first-order valence-electron chi connectivity index (χ1n) is 9.58. The molecule has 0 unspecified atom stereocenters. The van der Waals surface area contributed by atoms with E-state index in [2.05, 4.69) is 56.4 Å². The topological polar surface area (TPSA) is 38.3 Å². The molecule has 1 heterocycles. The van der Waals surface area contributed by atoms with Crippen LogP contribution in [0.3, 0.4) is 0 Å². The van der Waals surface area contributed by atoms with Gasteiger partial charge in [0, 0.05) is 13.2 Å². The van der Waals surface area contributed by atoms with Gasteiger partial charge in [0.05, 0.1) is 11.5 Å². The Morgan fingerprint density at radius 3 is 2.38 bits per heavy atom. The molecule has 0 aliphatic carbocycles. The third kappa shape index (κ3) is 3.68. The van der Waals surface area contributed by atoms with E-state index in [1.165, 1.54) is 16.7 Å². The van der Waals surface area contributed by atoms with Crippen molar-refractivity contribution in [3.63, 3.8) is 0 Å². The van der Waals surface area contributed by atoms with Crippen LogP contribution in [-0.4, -0.2) is 19.1 Å². The third-order valence-corrected chi connectivity index (χ3v) is 5.75. The number of rotatable bonds is 5. The van der Waals surface area contributed by atoms with Crippen LogP contribution in [-0.2, 0) is 14.9 Å². The second-order valence-corrected chi connectivity index (χ2v) is 7.34. The fraction of sp³-hybridized carbons (Fsp3) is 0.435. The van der Waals surface area contributed by atoms with Crippen molar-refractivity contribution in [1.29, 1.82) is 0 Å². The van der Waals surface area contributed by atoms with Crippen molar-refractivity contribution < 1.29 is 9.53 Å². The molecule has 3 heteroatoms. The van der Waals surface area contributed by atoms with Crippen molar-refractivity contribution in [3.05, 3.63) is 70.8 Å². The molecule has 138 valence electrons. The Morgan fingerprint density at radius 1 is 1.08 bits per heavy atom. The van der Waals surface area contributed by atoms with E-state index < -0.39 is 5.41 Å². The maximum Gasteiger partial charge on any atom is 0.231 e. The Kier molecular flexibility index (Phi) is 5.77. The molecule has 1 saturated heterocycles. The zero-order valence-corrected chi connectivity index (χ0v) is 16.0. The Hall–Kier alpha value is -2.13. The van der Waals surface area contributed by atoms with Gasteiger partial charge in [0.15, 0.2) is 0 Å². The van der Waals surface area contributed by atoms with E-state index in [0.29, 0.717) is 13.2 Å². The van der Waals surface area contributed by atoms with E-state index in [-0.39, 0.29) is 11.9 Å². The molecule has 1 atom stereocenters. The van der Waals surface area contributed by atoms with Gasteiger partial charge < -0.3 is 10.1 Å². The molecule has 0 bridgehead atoms. The van der Waals surface area contributed by atoms with Crippen molar-refractivity contribution in [3.8, 4) is 0 Å². The standard InChI is InChI=1S/C23H29NO2/c1-4-21(19-11-10-17(2)18(3)16-19)24-22(25)23(12-14-26-15-13-23)20-8-6-5-7-9-20/h5-11,16,21H,4,12-15H2,1-3H3,(H,24,25)/t21-/m0/s1. The molecule has 2 aromatic rings. The highest BCUT2D eigenvalue weighted by atomic mass is 16.5. The quantitative estimate of drug-likeness (QED) is 0.854. The lowest BCUT2D eigenvalue weighted by atomic mass is 9.73. The van der Waals surface area contributed by atoms with Gasteiger partial charge in [-0.2, -0.15) is 0 Å². The van der Waals surface area contributed by atoms with Crippen molar-refractivity contribution in [2.75, 3.05) is 13.2 Å². The van der Waals surface area contributed by atoms with Crippen LogP contribution in [0.4, 0.5) is 0 Å². The van der Waals surface area contributed by atoms with Gasteiger partial charge in [-0.25, -0.2) is 0 Å². The summed E-state index contributed by atoms with van der Waals surface area (Å²) in [6.07, 6.45) is 2.33. The van der Waals surface area contributed by atoms with Gasteiger partial charge in [-0.3, -0.25) is 4.79 Å². The molecule has 1 aliphatic rings.